The van der Waals surface area contributed by atoms with Crippen molar-refractivity contribution in [2.75, 3.05) is 7.05 Å². The van der Waals surface area contributed by atoms with Crippen LogP contribution in [0.5, 0.6) is 11.5 Å². The van der Waals surface area contributed by atoms with Crippen LogP contribution >= 0.6 is 11.6 Å². The van der Waals surface area contributed by atoms with Crippen LogP contribution < -0.4 is 10.1 Å². The zero-order chi connectivity index (χ0) is 13.8. The number of aryl methyl sites for hydroxylation is 2. The van der Waals surface area contributed by atoms with Gasteiger partial charge in [0.25, 0.3) is 0 Å². The molecule has 1 heterocycles. The third-order valence-corrected chi connectivity index (χ3v) is 3.39. The van der Waals surface area contributed by atoms with Crippen LogP contribution in [-0.2, 0) is 6.54 Å². The van der Waals surface area contributed by atoms with Gasteiger partial charge >= 0.3 is 0 Å². The minimum atomic E-state index is 0.730. The van der Waals surface area contributed by atoms with Gasteiger partial charge in [-0.2, -0.15) is 0 Å². The standard InChI is InChI=1S/C15H17ClN2O/c1-10-4-13(5-11(2)15(10)16)19-14-6-12(7-17-3)8-18-9-14/h4-6,8-9,17H,7H2,1-3H3. The molecule has 0 aliphatic carbocycles. The molecule has 100 valence electrons. The van der Waals surface area contributed by atoms with Crippen molar-refractivity contribution < 1.29 is 4.74 Å². The Kier molecular flexibility index (Phi) is 4.40. The molecule has 0 unspecified atom stereocenters. The second-order valence-electron chi connectivity index (χ2n) is 4.53. The van der Waals surface area contributed by atoms with Crippen molar-refractivity contribution in [3.8, 4) is 11.5 Å². The number of halogens is 1. The van der Waals surface area contributed by atoms with Crippen LogP contribution in [0.2, 0.25) is 5.02 Å². The number of benzene rings is 1. The summed E-state index contributed by atoms with van der Waals surface area (Å²) in [5.74, 6) is 1.51. The van der Waals surface area contributed by atoms with E-state index in [9.17, 15) is 0 Å². The van der Waals surface area contributed by atoms with E-state index in [0.717, 1.165) is 39.8 Å². The van der Waals surface area contributed by atoms with Gasteiger partial charge in [-0.15, -0.1) is 0 Å². The van der Waals surface area contributed by atoms with Gasteiger partial charge in [0.05, 0.1) is 6.20 Å². The summed E-state index contributed by atoms with van der Waals surface area (Å²) in [6.45, 7) is 4.71. The molecule has 0 aliphatic heterocycles. The molecule has 0 bridgehead atoms. The lowest BCUT2D eigenvalue weighted by Crippen LogP contribution is -2.05. The highest BCUT2D eigenvalue weighted by atomic mass is 35.5. The second kappa shape index (κ2) is 6.04. The smallest absolute Gasteiger partial charge is 0.146 e. The molecule has 0 spiro atoms. The number of aromatic nitrogens is 1. The van der Waals surface area contributed by atoms with E-state index >= 15 is 0 Å². The average Bonchev–Trinajstić information content (AvgIpc) is 2.37. The lowest BCUT2D eigenvalue weighted by molar-refractivity contribution is 0.478. The van der Waals surface area contributed by atoms with E-state index in [1.807, 2.05) is 45.3 Å². The average molecular weight is 277 g/mol. The Morgan fingerprint density at radius 1 is 1.11 bits per heavy atom. The van der Waals surface area contributed by atoms with Crippen LogP contribution in [0.15, 0.2) is 30.6 Å². The van der Waals surface area contributed by atoms with Crippen molar-refractivity contribution in [3.05, 3.63) is 52.3 Å². The molecule has 4 heteroatoms. The van der Waals surface area contributed by atoms with E-state index in [1.54, 1.807) is 6.20 Å². The van der Waals surface area contributed by atoms with Gasteiger partial charge in [0.1, 0.15) is 11.5 Å². The fourth-order valence-electron chi connectivity index (χ4n) is 1.92. The number of pyridine rings is 1. The topological polar surface area (TPSA) is 34.2 Å². The summed E-state index contributed by atoms with van der Waals surface area (Å²) in [7, 11) is 1.90. The van der Waals surface area contributed by atoms with Gasteiger partial charge in [-0.1, -0.05) is 11.6 Å². The van der Waals surface area contributed by atoms with E-state index < -0.39 is 0 Å². The predicted octanol–water partition coefficient (Wildman–Crippen LogP) is 3.86. The van der Waals surface area contributed by atoms with Gasteiger partial charge in [0.2, 0.25) is 0 Å². The highest BCUT2D eigenvalue weighted by molar-refractivity contribution is 6.32. The van der Waals surface area contributed by atoms with Crippen molar-refractivity contribution in [2.24, 2.45) is 0 Å². The second-order valence-corrected chi connectivity index (χ2v) is 4.91. The molecule has 0 aliphatic rings. The van der Waals surface area contributed by atoms with Crippen molar-refractivity contribution in [3.63, 3.8) is 0 Å². The summed E-state index contributed by atoms with van der Waals surface area (Å²) in [6.07, 6.45) is 3.53. The van der Waals surface area contributed by atoms with Crippen molar-refractivity contribution in [2.45, 2.75) is 20.4 Å². The summed E-state index contributed by atoms with van der Waals surface area (Å²) in [5.41, 5.74) is 3.11. The van der Waals surface area contributed by atoms with Crippen LogP contribution in [0.3, 0.4) is 0 Å². The number of ether oxygens (including phenoxy) is 1. The van der Waals surface area contributed by atoms with Gasteiger partial charge < -0.3 is 10.1 Å². The Bertz CT molecular complexity index is 561. The SMILES string of the molecule is CNCc1cncc(Oc2cc(C)c(Cl)c(C)c2)c1. The van der Waals surface area contributed by atoms with E-state index in [2.05, 4.69) is 10.3 Å². The predicted molar refractivity (Wildman–Crippen MR) is 78.0 cm³/mol. The minimum absolute atomic E-state index is 0.730. The fraction of sp³-hybridized carbons (Fsp3) is 0.267. The van der Waals surface area contributed by atoms with Crippen molar-refractivity contribution >= 4 is 11.6 Å². The van der Waals surface area contributed by atoms with E-state index in [-0.39, 0.29) is 0 Å². The van der Waals surface area contributed by atoms with E-state index in [1.165, 1.54) is 0 Å². The Hall–Kier alpha value is -1.58. The molecule has 19 heavy (non-hydrogen) atoms. The van der Waals surface area contributed by atoms with Crippen LogP contribution in [0, 0.1) is 13.8 Å². The summed E-state index contributed by atoms with van der Waals surface area (Å²) in [6, 6.07) is 5.84. The van der Waals surface area contributed by atoms with Gasteiger partial charge in [0.15, 0.2) is 0 Å². The lowest BCUT2D eigenvalue weighted by Gasteiger charge is -2.10. The Morgan fingerprint density at radius 2 is 1.79 bits per heavy atom. The maximum atomic E-state index is 6.14. The van der Waals surface area contributed by atoms with Gasteiger partial charge in [0, 0.05) is 17.8 Å². The third-order valence-electron chi connectivity index (χ3n) is 2.80. The summed E-state index contributed by atoms with van der Waals surface area (Å²) >= 11 is 6.14. The summed E-state index contributed by atoms with van der Waals surface area (Å²) in [5, 5.41) is 3.87. The molecule has 1 aromatic carbocycles. The van der Waals surface area contributed by atoms with Crippen molar-refractivity contribution in [1.29, 1.82) is 0 Å². The van der Waals surface area contributed by atoms with Gasteiger partial charge in [-0.05, 0) is 55.8 Å². The molecule has 1 N–H and O–H groups in total. The van der Waals surface area contributed by atoms with Gasteiger partial charge in [-0.3, -0.25) is 4.98 Å². The molecule has 0 atom stereocenters. The van der Waals surface area contributed by atoms with E-state index in [0.29, 0.717) is 0 Å². The Morgan fingerprint density at radius 3 is 2.42 bits per heavy atom. The highest BCUT2D eigenvalue weighted by Crippen LogP contribution is 2.29. The van der Waals surface area contributed by atoms with Crippen LogP contribution in [0.1, 0.15) is 16.7 Å². The number of hydrogen-bond donors (Lipinski definition) is 1. The first-order valence-corrected chi connectivity index (χ1v) is 6.51. The normalized spacial score (nSPS) is 10.5. The highest BCUT2D eigenvalue weighted by Gasteiger charge is 2.05. The maximum absolute atomic E-state index is 6.14. The third kappa shape index (κ3) is 3.46. The van der Waals surface area contributed by atoms with E-state index in [4.69, 9.17) is 16.3 Å². The van der Waals surface area contributed by atoms with Crippen LogP contribution in [-0.4, -0.2) is 12.0 Å². The maximum Gasteiger partial charge on any atom is 0.146 e. The summed E-state index contributed by atoms with van der Waals surface area (Å²) in [4.78, 5) is 4.17. The molecule has 2 aromatic rings. The van der Waals surface area contributed by atoms with Crippen LogP contribution in [0.25, 0.3) is 0 Å². The molecule has 0 radical (unpaired) electrons. The number of nitrogens with zero attached hydrogens (tertiary/aromatic N) is 1. The molecule has 0 saturated carbocycles. The first-order chi connectivity index (χ1) is 9.10. The molecule has 3 nitrogen and oxygen atoms in total. The van der Waals surface area contributed by atoms with Crippen LogP contribution in [0.4, 0.5) is 0 Å². The molecule has 1 aromatic heterocycles. The van der Waals surface area contributed by atoms with Crippen molar-refractivity contribution in [1.82, 2.24) is 10.3 Å². The minimum Gasteiger partial charge on any atom is -0.456 e. The molecule has 0 fully saturated rings. The largest absolute Gasteiger partial charge is 0.456 e. The quantitative estimate of drug-likeness (QED) is 0.921. The summed E-state index contributed by atoms with van der Waals surface area (Å²) < 4.78 is 5.83. The number of rotatable bonds is 4. The molecular weight excluding hydrogens is 260 g/mol. The Balaban J connectivity index is 2.23. The fourth-order valence-corrected chi connectivity index (χ4v) is 2.03. The zero-order valence-corrected chi connectivity index (χ0v) is 12.1. The lowest BCUT2D eigenvalue weighted by atomic mass is 10.1. The monoisotopic (exact) mass is 276 g/mol. The molecule has 0 amide bonds. The zero-order valence-electron chi connectivity index (χ0n) is 11.3. The molecular formula is C15H17ClN2O. The number of nitrogens with one attached hydrogen (secondary N) is 1. The van der Waals surface area contributed by atoms with Gasteiger partial charge in [-0.25, -0.2) is 0 Å². The number of hydrogen-bond acceptors (Lipinski definition) is 3. The molecule has 2 rings (SSSR count). The first kappa shape index (κ1) is 13.8. The molecule has 0 saturated heterocycles. The first-order valence-electron chi connectivity index (χ1n) is 6.13. The Labute approximate surface area is 118 Å².